The van der Waals surface area contributed by atoms with E-state index in [1.807, 2.05) is 36.9 Å². The highest BCUT2D eigenvalue weighted by molar-refractivity contribution is 5.94. The molecule has 0 radical (unpaired) electrons. The molecule has 1 unspecified atom stereocenters. The lowest BCUT2D eigenvalue weighted by Gasteiger charge is -2.36. The number of nitrogens with zero attached hydrogens (tertiary/aromatic N) is 3. The number of piperazine rings is 1. The molecule has 1 aliphatic rings. The average Bonchev–Trinajstić information content (AvgIpc) is 2.62. The van der Waals surface area contributed by atoms with Gasteiger partial charge < -0.3 is 10.2 Å². The minimum absolute atomic E-state index is 0.00402. The summed E-state index contributed by atoms with van der Waals surface area (Å²) in [6.45, 7) is 6.34. The first-order valence-corrected chi connectivity index (χ1v) is 8.05. The monoisotopic (exact) mass is 310 g/mol. The van der Waals surface area contributed by atoms with Crippen molar-refractivity contribution >= 4 is 5.91 Å². The highest BCUT2D eigenvalue weighted by Crippen LogP contribution is 2.24. The lowest BCUT2D eigenvalue weighted by atomic mass is 10.0. The maximum atomic E-state index is 12.9. The fourth-order valence-electron chi connectivity index (χ4n) is 2.83. The van der Waals surface area contributed by atoms with Crippen LogP contribution >= 0.6 is 0 Å². The Morgan fingerprint density at radius 1 is 1.22 bits per heavy atom. The van der Waals surface area contributed by atoms with Gasteiger partial charge in [-0.25, -0.2) is 9.97 Å². The van der Waals surface area contributed by atoms with Crippen molar-refractivity contribution < 1.29 is 4.79 Å². The Hall–Kier alpha value is -2.27. The van der Waals surface area contributed by atoms with Crippen molar-refractivity contribution in [2.24, 2.45) is 0 Å². The maximum Gasteiger partial charge on any atom is 0.257 e. The van der Waals surface area contributed by atoms with Gasteiger partial charge in [0.2, 0.25) is 0 Å². The van der Waals surface area contributed by atoms with Crippen LogP contribution < -0.4 is 5.32 Å². The molecular weight excluding hydrogens is 288 g/mol. The number of nitrogens with one attached hydrogen (secondary N) is 1. The third kappa shape index (κ3) is 3.40. The van der Waals surface area contributed by atoms with Crippen LogP contribution in [0.15, 0.2) is 42.7 Å². The second kappa shape index (κ2) is 6.87. The van der Waals surface area contributed by atoms with Crippen LogP contribution in [0.25, 0.3) is 0 Å². The van der Waals surface area contributed by atoms with Crippen LogP contribution in [0.2, 0.25) is 0 Å². The van der Waals surface area contributed by atoms with E-state index in [1.165, 1.54) is 0 Å². The number of carbonyl (C=O) groups is 1. The number of carbonyl (C=O) groups excluding carboxylic acids is 1. The molecule has 1 aromatic carbocycles. The van der Waals surface area contributed by atoms with Crippen molar-refractivity contribution in [3.63, 3.8) is 0 Å². The van der Waals surface area contributed by atoms with E-state index in [0.29, 0.717) is 12.1 Å². The topological polar surface area (TPSA) is 58.1 Å². The van der Waals surface area contributed by atoms with Gasteiger partial charge in [-0.3, -0.25) is 4.79 Å². The number of amides is 1. The quantitative estimate of drug-likeness (QED) is 0.945. The van der Waals surface area contributed by atoms with E-state index in [1.54, 1.807) is 12.4 Å². The van der Waals surface area contributed by atoms with Gasteiger partial charge in [0.1, 0.15) is 5.82 Å². The predicted molar refractivity (Wildman–Crippen MR) is 89.2 cm³/mol. The molecule has 1 saturated heterocycles. The Bertz CT molecular complexity index is 654. The minimum atomic E-state index is -0.00402. The summed E-state index contributed by atoms with van der Waals surface area (Å²) < 4.78 is 0. The van der Waals surface area contributed by atoms with Crippen molar-refractivity contribution in [2.75, 3.05) is 19.6 Å². The second-order valence-electron chi connectivity index (χ2n) is 6.11. The number of hydrogen-bond donors (Lipinski definition) is 1. The summed E-state index contributed by atoms with van der Waals surface area (Å²) in [6, 6.07) is 10.2. The van der Waals surface area contributed by atoms with Crippen LogP contribution in [0.4, 0.5) is 0 Å². The molecule has 2 heterocycles. The zero-order valence-electron chi connectivity index (χ0n) is 13.6. The molecule has 120 valence electrons. The van der Waals surface area contributed by atoms with Crippen LogP contribution in [0.5, 0.6) is 0 Å². The maximum absolute atomic E-state index is 12.9. The number of benzene rings is 1. The first-order chi connectivity index (χ1) is 11.2. The van der Waals surface area contributed by atoms with Crippen molar-refractivity contribution in [3.05, 3.63) is 59.7 Å². The molecule has 1 aromatic heterocycles. The lowest BCUT2D eigenvalue weighted by molar-refractivity contribution is 0.0633. The van der Waals surface area contributed by atoms with Crippen LogP contribution in [-0.2, 0) is 0 Å². The summed E-state index contributed by atoms with van der Waals surface area (Å²) in [6.07, 6.45) is 3.30. The molecule has 0 aliphatic carbocycles. The van der Waals surface area contributed by atoms with Gasteiger partial charge in [0.25, 0.3) is 5.91 Å². The fraction of sp³-hybridized carbons (Fsp3) is 0.389. The zero-order chi connectivity index (χ0) is 16.2. The summed E-state index contributed by atoms with van der Waals surface area (Å²) in [4.78, 5) is 23.4. The van der Waals surface area contributed by atoms with Gasteiger partial charge in [0.15, 0.2) is 0 Å². The summed E-state index contributed by atoms with van der Waals surface area (Å²) in [5.41, 5.74) is 1.70. The Kier molecular flexibility index (Phi) is 4.67. The Balaban J connectivity index is 1.84. The molecule has 1 fully saturated rings. The molecule has 1 amide bonds. The summed E-state index contributed by atoms with van der Waals surface area (Å²) in [5, 5.41) is 3.37. The van der Waals surface area contributed by atoms with Gasteiger partial charge in [0, 0.05) is 37.9 Å². The van der Waals surface area contributed by atoms with E-state index >= 15 is 0 Å². The lowest BCUT2D eigenvalue weighted by Crippen LogP contribution is -2.48. The van der Waals surface area contributed by atoms with Crippen LogP contribution in [0.1, 0.15) is 47.6 Å². The molecule has 2 aromatic rings. The van der Waals surface area contributed by atoms with E-state index in [0.717, 1.165) is 24.5 Å². The van der Waals surface area contributed by atoms with Crippen molar-refractivity contribution in [3.8, 4) is 0 Å². The molecule has 1 atom stereocenters. The summed E-state index contributed by atoms with van der Waals surface area (Å²) in [7, 11) is 0. The van der Waals surface area contributed by atoms with E-state index in [4.69, 9.17) is 0 Å². The van der Waals surface area contributed by atoms with Crippen molar-refractivity contribution in [2.45, 2.75) is 25.8 Å². The van der Waals surface area contributed by atoms with Gasteiger partial charge in [-0.2, -0.15) is 0 Å². The van der Waals surface area contributed by atoms with Gasteiger partial charge >= 0.3 is 0 Å². The Morgan fingerprint density at radius 2 is 1.91 bits per heavy atom. The summed E-state index contributed by atoms with van der Waals surface area (Å²) >= 11 is 0. The molecular formula is C18H22N4O. The van der Waals surface area contributed by atoms with Crippen molar-refractivity contribution in [1.82, 2.24) is 20.2 Å². The standard InChI is InChI=1S/C18H22N4O/c1-13(2)17-20-10-15(11-21-17)18(23)22-9-8-19-12-16(22)14-6-4-3-5-7-14/h3-7,10-11,13,16,19H,8-9,12H2,1-2H3. The number of hydrogen-bond acceptors (Lipinski definition) is 4. The molecule has 5 heteroatoms. The van der Waals surface area contributed by atoms with Crippen LogP contribution in [-0.4, -0.2) is 40.4 Å². The van der Waals surface area contributed by atoms with Gasteiger partial charge in [-0.1, -0.05) is 44.2 Å². The SMILES string of the molecule is CC(C)c1ncc(C(=O)N2CCNCC2c2ccccc2)cn1. The minimum Gasteiger partial charge on any atom is -0.329 e. The Morgan fingerprint density at radius 3 is 2.57 bits per heavy atom. The van der Waals surface area contributed by atoms with Crippen molar-refractivity contribution in [1.29, 1.82) is 0 Å². The first-order valence-electron chi connectivity index (χ1n) is 8.05. The molecule has 1 aliphatic heterocycles. The largest absolute Gasteiger partial charge is 0.329 e. The fourth-order valence-corrected chi connectivity index (χ4v) is 2.83. The van der Waals surface area contributed by atoms with Crippen LogP contribution in [0.3, 0.4) is 0 Å². The van der Waals surface area contributed by atoms with E-state index in [2.05, 4.69) is 27.4 Å². The molecule has 5 nitrogen and oxygen atoms in total. The van der Waals surface area contributed by atoms with Gasteiger partial charge in [-0.15, -0.1) is 0 Å². The molecule has 0 bridgehead atoms. The van der Waals surface area contributed by atoms with E-state index in [9.17, 15) is 4.79 Å². The highest BCUT2D eigenvalue weighted by atomic mass is 16.2. The van der Waals surface area contributed by atoms with E-state index < -0.39 is 0 Å². The molecule has 23 heavy (non-hydrogen) atoms. The van der Waals surface area contributed by atoms with Gasteiger partial charge in [0.05, 0.1) is 11.6 Å². The highest BCUT2D eigenvalue weighted by Gasteiger charge is 2.28. The molecule has 0 saturated carbocycles. The third-order valence-electron chi connectivity index (χ3n) is 4.12. The van der Waals surface area contributed by atoms with E-state index in [-0.39, 0.29) is 17.9 Å². The predicted octanol–water partition coefficient (Wildman–Crippen LogP) is 2.39. The molecule has 0 spiro atoms. The summed E-state index contributed by atoms with van der Waals surface area (Å²) in [5.74, 6) is 1.02. The normalized spacial score (nSPS) is 18.2. The zero-order valence-corrected chi connectivity index (χ0v) is 13.6. The number of aromatic nitrogens is 2. The Labute approximate surface area is 136 Å². The second-order valence-corrected chi connectivity index (χ2v) is 6.11. The average molecular weight is 310 g/mol. The third-order valence-corrected chi connectivity index (χ3v) is 4.12. The smallest absolute Gasteiger partial charge is 0.257 e. The first kappa shape index (κ1) is 15.6. The molecule has 3 rings (SSSR count). The number of rotatable bonds is 3. The van der Waals surface area contributed by atoms with Crippen LogP contribution in [0, 0.1) is 0 Å². The van der Waals surface area contributed by atoms with Gasteiger partial charge in [-0.05, 0) is 5.56 Å². The molecule has 1 N–H and O–H groups in total.